The molecule has 0 rings (SSSR count). The molecule has 0 aromatic heterocycles. The molecule has 23 heavy (non-hydrogen) atoms. The van der Waals surface area contributed by atoms with Crippen LogP contribution in [0.25, 0.3) is 0 Å². The van der Waals surface area contributed by atoms with Gasteiger partial charge in [-0.1, -0.05) is 77.6 Å². The minimum Gasteiger partial charge on any atom is -1.00 e. The van der Waals surface area contributed by atoms with Crippen LogP contribution in [-0.4, -0.2) is 36.0 Å². The van der Waals surface area contributed by atoms with Crippen molar-refractivity contribution in [2.75, 3.05) is 19.8 Å². The van der Waals surface area contributed by atoms with Crippen molar-refractivity contribution in [3.05, 3.63) is 0 Å². The van der Waals surface area contributed by atoms with E-state index in [2.05, 4.69) is 6.92 Å². The fraction of sp³-hybridized carbons (Fsp3) is 0.944. The number of carbonyl (C=O) groups excluding carboxylic acids is 1. The summed E-state index contributed by atoms with van der Waals surface area (Å²) < 4.78 is 4.89. The standard InChI is InChI=1S/C16H32O2.C2H6O2.Na.H/c1-3-4-5-6-7-8-9-10-11-12-13-14-15-18-16(2)17;3-1-2-4;;/h3-15H2,1-2H3;3-4H,1-2H2;;/q;;+1;-1. The molecule has 0 saturated carbocycles. The maximum atomic E-state index is 10.5. The van der Waals surface area contributed by atoms with E-state index in [0.29, 0.717) is 6.61 Å². The van der Waals surface area contributed by atoms with Gasteiger partial charge in [-0.3, -0.25) is 4.79 Å². The second-order valence-electron chi connectivity index (χ2n) is 5.68. The van der Waals surface area contributed by atoms with Crippen molar-refractivity contribution in [3.63, 3.8) is 0 Å². The fourth-order valence-electron chi connectivity index (χ4n) is 2.16. The van der Waals surface area contributed by atoms with E-state index in [9.17, 15) is 4.79 Å². The number of hydrogen-bond donors (Lipinski definition) is 2. The monoisotopic (exact) mass is 342 g/mol. The van der Waals surface area contributed by atoms with Crippen LogP contribution in [0.3, 0.4) is 0 Å². The average Bonchev–Trinajstić information content (AvgIpc) is 2.52. The van der Waals surface area contributed by atoms with Crippen molar-refractivity contribution in [3.8, 4) is 0 Å². The first-order valence-electron chi connectivity index (χ1n) is 9.04. The predicted molar refractivity (Wildman–Crippen MR) is 93.0 cm³/mol. The topological polar surface area (TPSA) is 66.8 Å². The summed E-state index contributed by atoms with van der Waals surface area (Å²) in [5.41, 5.74) is 0. The SMILES string of the molecule is CCCCCCCCCCCCCCOC(C)=O.OCCO.[H-].[Na+]. The van der Waals surface area contributed by atoms with Crippen LogP contribution in [-0.2, 0) is 9.53 Å². The van der Waals surface area contributed by atoms with Crippen LogP contribution in [0.4, 0.5) is 0 Å². The summed E-state index contributed by atoms with van der Waals surface area (Å²) in [6.45, 7) is 4.09. The van der Waals surface area contributed by atoms with Crippen LogP contribution < -0.4 is 29.6 Å². The van der Waals surface area contributed by atoms with Gasteiger partial charge >= 0.3 is 35.5 Å². The maximum Gasteiger partial charge on any atom is 1.00 e. The van der Waals surface area contributed by atoms with Crippen LogP contribution in [0.1, 0.15) is 92.3 Å². The van der Waals surface area contributed by atoms with Crippen LogP contribution in [0, 0.1) is 0 Å². The van der Waals surface area contributed by atoms with E-state index in [1.165, 1.54) is 77.6 Å². The molecule has 0 atom stereocenters. The minimum atomic E-state index is -0.155. The number of aliphatic hydroxyl groups excluding tert-OH is 2. The number of ether oxygens (including phenoxy) is 1. The van der Waals surface area contributed by atoms with Crippen LogP contribution >= 0.6 is 0 Å². The molecule has 0 fully saturated rings. The molecule has 0 bridgehead atoms. The predicted octanol–water partition coefficient (Wildman–Crippen LogP) is 1.34. The average molecular weight is 342 g/mol. The van der Waals surface area contributed by atoms with Gasteiger partial charge in [0.05, 0.1) is 19.8 Å². The smallest absolute Gasteiger partial charge is 1.00 e. The molecule has 0 amide bonds. The second-order valence-corrected chi connectivity index (χ2v) is 5.68. The number of rotatable bonds is 14. The third-order valence-corrected chi connectivity index (χ3v) is 3.40. The van der Waals surface area contributed by atoms with E-state index in [-0.39, 0.29) is 50.2 Å². The third kappa shape index (κ3) is 34.7. The van der Waals surface area contributed by atoms with Gasteiger partial charge in [-0.15, -0.1) is 0 Å². The molecule has 136 valence electrons. The molecule has 0 heterocycles. The molecule has 4 nitrogen and oxygen atoms in total. The number of aliphatic hydroxyl groups is 2. The van der Waals surface area contributed by atoms with E-state index >= 15 is 0 Å². The molecule has 0 spiro atoms. The normalized spacial score (nSPS) is 9.57. The van der Waals surface area contributed by atoms with Gasteiger partial charge < -0.3 is 16.4 Å². The molecule has 0 aliphatic carbocycles. The summed E-state index contributed by atoms with van der Waals surface area (Å²) in [6, 6.07) is 0. The third-order valence-electron chi connectivity index (χ3n) is 3.40. The Bertz CT molecular complexity index is 217. The van der Waals surface area contributed by atoms with Crippen molar-refractivity contribution < 1.29 is 50.7 Å². The molecule has 0 unspecified atom stereocenters. The Morgan fingerprint density at radius 3 is 1.43 bits per heavy atom. The minimum absolute atomic E-state index is 0. The number of hydrogen-bond acceptors (Lipinski definition) is 4. The van der Waals surface area contributed by atoms with Gasteiger partial charge in [0.15, 0.2) is 0 Å². The molecule has 0 aliphatic rings. The number of carbonyl (C=O) groups is 1. The molecule has 0 saturated heterocycles. The van der Waals surface area contributed by atoms with Crippen LogP contribution in [0.2, 0.25) is 0 Å². The summed E-state index contributed by atoms with van der Waals surface area (Å²) in [6.07, 6.45) is 16.1. The van der Waals surface area contributed by atoms with Crippen molar-refractivity contribution >= 4 is 5.97 Å². The Balaban J connectivity index is -0.000000298. The van der Waals surface area contributed by atoms with Gasteiger partial charge in [0, 0.05) is 6.92 Å². The van der Waals surface area contributed by atoms with Crippen molar-refractivity contribution in [2.45, 2.75) is 90.9 Å². The number of unbranched alkanes of at least 4 members (excludes halogenated alkanes) is 11. The summed E-state index contributed by atoms with van der Waals surface area (Å²) in [7, 11) is 0. The van der Waals surface area contributed by atoms with E-state index in [1.807, 2.05) is 0 Å². The zero-order valence-corrected chi connectivity index (χ0v) is 17.8. The molecule has 0 aromatic carbocycles. The van der Waals surface area contributed by atoms with Gasteiger partial charge in [-0.25, -0.2) is 0 Å². The fourth-order valence-corrected chi connectivity index (χ4v) is 2.16. The Hall–Kier alpha value is 0.390. The number of esters is 1. The van der Waals surface area contributed by atoms with Crippen molar-refractivity contribution in [1.29, 1.82) is 0 Å². The molecule has 5 heteroatoms. The Labute approximate surface area is 167 Å². The van der Waals surface area contributed by atoms with E-state index in [4.69, 9.17) is 14.9 Å². The summed E-state index contributed by atoms with van der Waals surface area (Å²) in [4.78, 5) is 10.5. The zero-order chi connectivity index (χ0) is 16.9. The van der Waals surface area contributed by atoms with Gasteiger partial charge in [0.2, 0.25) is 0 Å². The van der Waals surface area contributed by atoms with E-state index in [0.717, 1.165) is 6.42 Å². The van der Waals surface area contributed by atoms with E-state index < -0.39 is 0 Å². The van der Waals surface area contributed by atoms with E-state index in [1.54, 1.807) is 0 Å². The largest absolute Gasteiger partial charge is 1.00 e. The summed E-state index contributed by atoms with van der Waals surface area (Å²) >= 11 is 0. The Morgan fingerprint density at radius 1 is 0.783 bits per heavy atom. The van der Waals surface area contributed by atoms with Gasteiger partial charge in [-0.05, 0) is 6.42 Å². The van der Waals surface area contributed by atoms with Crippen molar-refractivity contribution in [1.82, 2.24) is 0 Å². The van der Waals surface area contributed by atoms with Crippen molar-refractivity contribution in [2.24, 2.45) is 0 Å². The quantitative estimate of drug-likeness (QED) is 0.284. The molecule has 0 radical (unpaired) electrons. The maximum absolute atomic E-state index is 10.5. The summed E-state index contributed by atoms with van der Waals surface area (Å²) in [5, 5.41) is 15.2. The van der Waals surface area contributed by atoms with Gasteiger partial charge in [-0.2, -0.15) is 0 Å². The molecular formula is C18H39NaO4. The molecule has 0 aromatic rings. The molecule has 2 N–H and O–H groups in total. The van der Waals surface area contributed by atoms with Gasteiger partial charge in [0.25, 0.3) is 0 Å². The Morgan fingerprint density at radius 2 is 1.13 bits per heavy atom. The molecule has 0 aliphatic heterocycles. The van der Waals surface area contributed by atoms with Crippen LogP contribution in [0.15, 0.2) is 0 Å². The Kier molecular flexibility index (Phi) is 33.4. The molecular weight excluding hydrogens is 303 g/mol. The summed E-state index contributed by atoms with van der Waals surface area (Å²) in [5.74, 6) is -0.155. The first-order valence-corrected chi connectivity index (χ1v) is 9.04. The van der Waals surface area contributed by atoms with Gasteiger partial charge in [0.1, 0.15) is 0 Å². The zero-order valence-electron chi connectivity index (χ0n) is 16.8. The first kappa shape index (κ1) is 28.2. The van der Waals surface area contributed by atoms with Crippen LogP contribution in [0.5, 0.6) is 0 Å². The second kappa shape index (κ2) is 27.2. The first-order chi connectivity index (χ1) is 10.7.